The van der Waals surface area contributed by atoms with E-state index >= 15 is 0 Å². The largest absolute Gasteiger partial charge is 0.443 e. The number of nitrogens with zero attached hydrogens (tertiary/aromatic N) is 1. The fourth-order valence-corrected chi connectivity index (χ4v) is 2.13. The molecule has 0 atom stereocenters. The van der Waals surface area contributed by atoms with Gasteiger partial charge in [-0.2, -0.15) is 0 Å². The lowest BCUT2D eigenvalue weighted by Crippen LogP contribution is -2.32. The van der Waals surface area contributed by atoms with Crippen molar-refractivity contribution in [3.63, 3.8) is 0 Å². The lowest BCUT2D eigenvalue weighted by atomic mass is 10.1. The van der Waals surface area contributed by atoms with Crippen LogP contribution >= 0.6 is 0 Å². The van der Waals surface area contributed by atoms with Crippen LogP contribution in [-0.4, -0.2) is 22.4 Å². The van der Waals surface area contributed by atoms with Gasteiger partial charge in [-0.3, -0.25) is 4.57 Å². The number of para-hydroxylation sites is 1. The van der Waals surface area contributed by atoms with E-state index in [9.17, 15) is 4.79 Å². The van der Waals surface area contributed by atoms with Crippen LogP contribution in [0, 0.1) is 0 Å². The van der Waals surface area contributed by atoms with Crippen molar-refractivity contribution in [2.75, 3.05) is 0 Å². The molecule has 0 bridgehead atoms. The first kappa shape index (κ1) is 14.6. The zero-order valence-corrected chi connectivity index (χ0v) is 12.1. The summed E-state index contributed by atoms with van der Waals surface area (Å²) in [7, 11) is 0. The van der Waals surface area contributed by atoms with Gasteiger partial charge in [0.2, 0.25) is 0 Å². The SMILES string of the molecule is CC(C)(C)OC(=O)n1cc(CC(N)N)c2ccccc21. The van der Waals surface area contributed by atoms with Crippen molar-refractivity contribution in [1.82, 2.24) is 4.57 Å². The number of nitrogens with two attached hydrogens (primary N) is 2. The molecule has 0 saturated heterocycles. The third-order valence-corrected chi connectivity index (χ3v) is 2.84. The normalized spacial score (nSPS) is 12.1. The summed E-state index contributed by atoms with van der Waals surface area (Å²) >= 11 is 0. The number of carbonyl (C=O) groups is 1. The van der Waals surface area contributed by atoms with Crippen molar-refractivity contribution in [3.05, 3.63) is 36.0 Å². The van der Waals surface area contributed by atoms with Crippen LogP contribution < -0.4 is 11.5 Å². The van der Waals surface area contributed by atoms with E-state index in [-0.39, 0.29) is 0 Å². The molecule has 0 fully saturated rings. The smallest absolute Gasteiger partial charge is 0.419 e. The zero-order valence-electron chi connectivity index (χ0n) is 12.1. The summed E-state index contributed by atoms with van der Waals surface area (Å²) in [6, 6.07) is 7.64. The molecule has 1 aromatic heterocycles. The fraction of sp³-hybridized carbons (Fsp3) is 0.400. The Morgan fingerprint density at radius 1 is 1.30 bits per heavy atom. The Hall–Kier alpha value is -1.85. The van der Waals surface area contributed by atoms with Gasteiger partial charge in [0.1, 0.15) is 5.60 Å². The van der Waals surface area contributed by atoms with Gasteiger partial charge in [0.15, 0.2) is 0 Å². The number of fused-ring (bicyclic) bond motifs is 1. The molecule has 0 radical (unpaired) electrons. The molecule has 0 aliphatic rings. The molecule has 2 aromatic rings. The predicted molar refractivity (Wildman–Crippen MR) is 79.4 cm³/mol. The van der Waals surface area contributed by atoms with Crippen molar-refractivity contribution in [2.45, 2.75) is 39.0 Å². The van der Waals surface area contributed by atoms with Crippen LogP contribution in [0.2, 0.25) is 0 Å². The third kappa shape index (κ3) is 3.18. The highest BCUT2D eigenvalue weighted by atomic mass is 16.6. The van der Waals surface area contributed by atoms with Crippen molar-refractivity contribution in [3.8, 4) is 0 Å². The van der Waals surface area contributed by atoms with Gasteiger partial charge in [-0.25, -0.2) is 4.79 Å². The van der Waals surface area contributed by atoms with Crippen LogP contribution in [-0.2, 0) is 11.2 Å². The minimum absolute atomic E-state index is 0.398. The number of aromatic nitrogens is 1. The van der Waals surface area contributed by atoms with E-state index in [0.717, 1.165) is 16.5 Å². The molecular weight excluding hydrogens is 254 g/mol. The molecule has 0 unspecified atom stereocenters. The predicted octanol–water partition coefficient (Wildman–Crippen LogP) is 2.21. The van der Waals surface area contributed by atoms with E-state index in [1.165, 1.54) is 4.57 Å². The lowest BCUT2D eigenvalue weighted by Gasteiger charge is -2.19. The van der Waals surface area contributed by atoms with Crippen LogP contribution in [0.5, 0.6) is 0 Å². The van der Waals surface area contributed by atoms with E-state index in [1.807, 2.05) is 45.0 Å². The maximum atomic E-state index is 12.3. The summed E-state index contributed by atoms with van der Waals surface area (Å²) in [5, 5.41) is 0.972. The van der Waals surface area contributed by atoms with Crippen molar-refractivity contribution >= 4 is 17.0 Å². The minimum Gasteiger partial charge on any atom is -0.443 e. The van der Waals surface area contributed by atoms with Crippen LogP contribution in [0.25, 0.3) is 10.9 Å². The van der Waals surface area contributed by atoms with E-state index in [2.05, 4.69) is 0 Å². The van der Waals surface area contributed by atoms with Crippen molar-refractivity contribution < 1.29 is 9.53 Å². The second-order valence-electron chi connectivity index (χ2n) is 5.89. The van der Waals surface area contributed by atoms with E-state index in [0.29, 0.717) is 6.42 Å². The first-order valence-corrected chi connectivity index (χ1v) is 6.61. The molecule has 2 rings (SSSR count). The minimum atomic E-state index is -0.535. The number of carbonyl (C=O) groups excluding carboxylic acids is 1. The van der Waals surface area contributed by atoms with Gasteiger partial charge < -0.3 is 16.2 Å². The summed E-state index contributed by atoms with van der Waals surface area (Å²) in [5.41, 5.74) is 12.5. The average Bonchev–Trinajstić information content (AvgIpc) is 2.66. The van der Waals surface area contributed by atoms with Crippen molar-refractivity contribution in [1.29, 1.82) is 0 Å². The number of benzene rings is 1. The zero-order chi connectivity index (χ0) is 14.9. The summed E-state index contributed by atoms with van der Waals surface area (Å²) in [6.07, 6.45) is 1.42. The number of ether oxygens (including phenoxy) is 1. The number of hydrogen-bond donors (Lipinski definition) is 2. The van der Waals surface area contributed by atoms with Gasteiger partial charge in [0.25, 0.3) is 0 Å². The molecule has 0 spiro atoms. The monoisotopic (exact) mass is 275 g/mol. The van der Waals surface area contributed by atoms with Crippen molar-refractivity contribution in [2.24, 2.45) is 11.5 Å². The van der Waals surface area contributed by atoms with Crippen LogP contribution in [0.4, 0.5) is 4.79 Å². The van der Waals surface area contributed by atoms with Crippen LogP contribution in [0.15, 0.2) is 30.5 Å². The molecule has 5 heteroatoms. The lowest BCUT2D eigenvalue weighted by molar-refractivity contribution is 0.0544. The summed E-state index contributed by atoms with van der Waals surface area (Å²) < 4.78 is 6.92. The summed E-state index contributed by atoms with van der Waals surface area (Å²) in [4.78, 5) is 12.3. The quantitative estimate of drug-likeness (QED) is 0.823. The molecule has 0 amide bonds. The first-order valence-electron chi connectivity index (χ1n) is 6.61. The standard InChI is InChI=1S/C15H21N3O2/c1-15(2,3)20-14(19)18-9-10(8-13(16)17)11-6-4-5-7-12(11)18/h4-7,9,13H,8,16-17H2,1-3H3. The fourth-order valence-electron chi connectivity index (χ4n) is 2.13. The second kappa shape index (κ2) is 5.26. The van der Waals surface area contributed by atoms with Gasteiger partial charge in [-0.1, -0.05) is 18.2 Å². The molecule has 0 aliphatic heterocycles. The Morgan fingerprint density at radius 3 is 2.55 bits per heavy atom. The molecule has 1 aromatic carbocycles. The van der Waals surface area contributed by atoms with E-state index in [1.54, 1.807) is 6.20 Å². The highest BCUT2D eigenvalue weighted by molar-refractivity contribution is 5.92. The molecule has 1 heterocycles. The van der Waals surface area contributed by atoms with Gasteiger partial charge >= 0.3 is 6.09 Å². The number of hydrogen-bond acceptors (Lipinski definition) is 4. The molecular formula is C15H21N3O2. The van der Waals surface area contributed by atoms with Crippen LogP contribution in [0.3, 0.4) is 0 Å². The Morgan fingerprint density at radius 2 is 1.95 bits per heavy atom. The average molecular weight is 275 g/mol. The first-order chi connectivity index (χ1) is 9.28. The highest BCUT2D eigenvalue weighted by Crippen LogP contribution is 2.23. The van der Waals surface area contributed by atoms with Gasteiger partial charge in [-0.15, -0.1) is 0 Å². The molecule has 20 heavy (non-hydrogen) atoms. The maximum Gasteiger partial charge on any atom is 0.419 e. The Bertz CT molecular complexity index is 624. The Kier molecular flexibility index (Phi) is 3.83. The summed E-state index contributed by atoms with van der Waals surface area (Å²) in [5.74, 6) is 0. The topological polar surface area (TPSA) is 83.3 Å². The second-order valence-corrected chi connectivity index (χ2v) is 5.89. The molecule has 108 valence electrons. The van der Waals surface area contributed by atoms with Gasteiger partial charge in [-0.05, 0) is 32.4 Å². The number of rotatable bonds is 2. The Balaban J connectivity index is 2.46. The Labute approximate surface area is 118 Å². The molecule has 4 N–H and O–H groups in total. The molecule has 0 saturated carbocycles. The van der Waals surface area contributed by atoms with Crippen LogP contribution in [0.1, 0.15) is 26.3 Å². The molecule has 5 nitrogen and oxygen atoms in total. The van der Waals surface area contributed by atoms with E-state index < -0.39 is 17.9 Å². The highest BCUT2D eigenvalue weighted by Gasteiger charge is 2.20. The summed E-state index contributed by atoms with van der Waals surface area (Å²) in [6.45, 7) is 5.52. The van der Waals surface area contributed by atoms with Gasteiger partial charge in [0.05, 0.1) is 11.7 Å². The van der Waals surface area contributed by atoms with E-state index in [4.69, 9.17) is 16.2 Å². The third-order valence-electron chi connectivity index (χ3n) is 2.84. The molecule has 0 aliphatic carbocycles. The van der Waals surface area contributed by atoms with Gasteiger partial charge in [0, 0.05) is 18.0 Å². The maximum absolute atomic E-state index is 12.3.